The van der Waals surface area contributed by atoms with Gasteiger partial charge in [-0.05, 0) is 46.5 Å². The number of nitrogens with zero attached hydrogens (tertiary/aromatic N) is 1. The van der Waals surface area contributed by atoms with Crippen LogP contribution in [0, 0.1) is 11.7 Å². The SMILES string of the molecule is CC(C)C(N)CCN(C)S(=O)(=O)c1ccc(F)c(Br)c1.Cl. The van der Waals surface area contributed by atoms with Gasteiger partial charge in [-0.3, -0.25) is 0 Å². The highest BCUT2D eigenvalue weighted by atomic mass is 79.9. The molecule has 0 aliphatic heterocycles. The molecule has 1 aromatic rings. The fourth-order valence-corrected chi connectivity index (χ4v) is 3.34. The van der Waals surface area contributed by atoms with Crippen molar-refractivity contribution in [1.29, 1.82) is 0 Å². The van der Waals surface area contributed by atoms with Gasteiger partial charge in [0.15, 0.2) is 0 Å². The lowest BCUT2D eigenvalue weighted by molar-refractivity contribution is 0.397. The van der Waals surface area contributed by atoms with Crippen molar-refractivity contribution < 1.29 is 12.8 Å². The van der Waals surface area contributed by atoms with Gasteiger partial charge in [-0.2, -0.15) is 0 Å². The van der Waals surface area contributed by atoms with Gasteiger partial charge in [0.2, 0.25) is 10.0 Å². The van der Waals surface area contributed by atoms with E-state index < -0.39 is 15.8 Å². The maximum Gasteiger partial charge on any atom is 0.242 e. The fraction of sp³-hybridized carbons (Fsp3) is 0.538. The molecule has 1 aromatic carbocycles. The van der Waals surface area contributed by atoms with Crippen LogP contribution >= 0.6 is 28.3 Å². The van der Waals surface area contributed by atoms with Gasteiger partial charge < -0.3 is 5.73 Å². The van der Waals surface area contributed by atoms with E-state index in [1.54, 1.807) is 0 Å². The summed E-state index contributed by atoms with van der Waals surface area (Å²) in [5.41, 5.74) is 5.91. The molecule has 0 saturated heterocycles. The van der Waals surface area contributed by atoms with E-state index in [9.17, 15) is 12.8 Å². The van der Waals surface area contributed by atoms with Crippen LogP contribution in [0.5, 0.6) is 0 Å². The Hall–Kier alpha value is -0.210. The molecule has 0 heterocycles. The third kappa shape index (κ3) is 5.49. The third-order valence-electron chi connectivity index (χ3n) is 3.23. The van der Waals surface area contributed by atoms with E-state index in [0.29, 0.717) is 18.9 Å². The Labute approximate surface area is 140 Å². The Balaban J connectivity index is 0.00000400. The van der Waals surface area contributed by atoms with E-state index in [2.05, 4.69) is 15.9 Å². The molecular weight excluding hydrogens is 383 g/mol. The maximum absolute atomic E-state index is 13.2. The van der Waals surface area contributed by atoms with Crippen molar-refractivity contribution in [2.24, 2.45) is 11.7 Å². The summed E-state index contributed by atoms with van der Waals surface area (Å²) in [7, 11) is -2.12. The highest BCUT2D eigenvalue weighted by Crippen LogP contribution is 2.22. The molecule has 21 heavy (non-hydrogen) atoms. The van der Waals surface area contributed by atoms with Gasteiger partial charge in [-0.25, -0.2) is 17.1 Å². The number of benzene rings is 1. The lowest BCUT2D eigenvalue weighted by Crippen LogP contribution is -2.34. The summed E-state index contributed by atoms with van der Waals surface area (Å²) >= 11 is 2.99. The van der Waals surface area contributed by atoms with Crippen LogP contribution < -0.4 is 5.73 Å². The number of halogens is 3. The predicted molar refractivity (Wildman–Crippen MR) is 88.6 cm³/mol. The summed E-state index contributed by atoms with van der Waals surface area (Å²) in [6, 6.07) is 3.61. The standard InChI is InChI=1S/C13H20BrFN2O2S.ClH/c1-9(2)13(16)6-7-17(3)20(18,19)10-4-5-12(15)11(14)8-10;/h4-5,8-9,13H,6-7,16H2,1-3H3;1H. The summed E-state index contributed by atoms with van der Waals surface area (Å²) in [5.74, 6) is -0.195. The molecular formula is C13H21BrClFN2O2S. The van der Waals surface area contributed by atoms with Gasteiger partial charge in [0.1, 0.15) is 5.82 Å². The molecule has 0 aliphatic rings. The molecule has 0 spiro atoms. The van der Waals surface area contributed by atoms with Gasteiger partial charge in [0.25, 0.3) is 0 Å². The van der Waals surface area contributed by atoms with Crippen molar-refractivity contribution in [1.82, 2.24) is 4.31 Å². The number of sulfonamides is 1. The normalized spacial score (nSPS) is 13.3. The van der Waals surface area contributed by atoms with Crippen LogP contribution in [-0.4, -0.2) is 32.4 Å². The average Bonchev–Trinajstić information content (AvgIpc) is 2.38. The van der Waals surface area contributed by atoms with Crippen LogP contribution in [0.2, 0.25) is 0 Å². The molecule has 4 nitrogen and oxygen atoms in total. The molecule has 0 aliphatic carbocycles. The monoisotopic (exact) mass is 402 g/mol. The first kappa shape index (κ1) is 20.8. The van der Waals surface area contributed by atoms with Gasteiger partial charge in [-0.15, -0.1) is 12.4 Å². The summed E-state index contributed by atoms with van der Waals surface area (Å²) in [6.07, 6.45) is 0.579. The molecule has 1 atom stereocenters. The summed E-state index contributed by atoms with van der Waals surface area (Å²) in [5, 5.41) is 0. The van der Waals surface area contributed by atoms with E-state index in [1.165, 1.54) is 23.5 Å². The molecule has 0 saturated carbocycles. The highest BCUT2D eigenvalue weighted by Gasteiger charge is 2.22. The summed E-state index contributed by atoms with van der Waals surface area (Å²) < 4.78 is 39.2. The lowest BCUT2D eigenvalue weighted by atomic mass is 10.0. The largest absolute Gasteiger partial charge is 0.327 e. The van der Waals surface area contributed by atoms with Crippen molar-refractivity contribution in [2.75, 3.05) is 13.6 Å². The second-order valence-corrected chi connectivity index (χ2v) is 8.00. The van der Waals surface area contributed by atoms with E-state index >= 15 is 0 Å². The Kier molecular flexibility index (Phi) is 8.35. The zero-order valence-corrected chi connectivity index (χ0v) is 15.4. The molecule has 122 valence electrons. The summed E-state index contributed by atoms with van der Waals surface area (Å²) in [4.78, 5) is 0.0615. The van der Waals surface area contributed by atoms with Gasteiger partial charge >= 0.3 is 0 Å². The zero-order chi connectivity index (χ0) is 15.5. The highest BCUT2D eigenvalue weighted by molar-refractivity contribution is 9.10. The maximum atomic E-state index is 13.2. The van der Waals surface area contributed by atoms with Crippen LogP contribution in [0.15, 0.2) is 27.6 Å². The van der Waals surface area contributed by atoms with Crippen LogP contribution in [0.4, 0.5) is 4.39 Å². The van der Waals surface area contributed by atoms with Gasteiger partial charge in [-0.1, -0.05) is 13.8 Å². The number of hydrogen-bond donors (Lipinski definition) is 1. The summed E-state index contributed by atoms with van der Waals surface area (Å²) in [6.45, 7) is 4.32. The van der Waals surface area contributed by atoms with Crippen LogP contribution in [0.1, 0.15) is 20.3 Å². The molecule has 0 amide bonds. The minimum absolute atomic E-state index is 0. The minimum atomic E-state index is -3.62. The minimum Gasteiger partial charge on any atom is -0.327 e. The van der Waals surface area contributed by atoms with Crippen LogP contribution in [0.25, 0.3) is 0 Å². The van der Waals surface area contributed by atoms with E-state index in [0.717, 1.165) is 6.07 Å². The topological polar surface area (TPSA) is 63.4 Å². The van der Waals surface area contributed by atoms with Gasteiger partial charge in [0, 0.05) is 19.6 Å². The van der Waals surface area contributed by atoms with Crippen molar-refractivity contribution in [3.05, 3.63) is 28.5 Å². The molecule has 8 heteroatoms. The Morgan fingerprint density at radius 1 is 1.38 bits per heavy atom. The Bertz CT molecular complexity index is 569. The number of rotatable bonds is 6. The van der Waals surface area contributed by atoms with Crippen molar-refractivity contribution in [2.45, 2.75) is 31.2 Å². The van der Waals surface area contributed by atoms with Crippen molar-refractivity contribution >= 4 is 38.4 Å². The Morgan fingerprint density at radius 2 is 1.95 bits per heavy atom. The van der Waals surface area contributed by atoms with Crippen LogP contribution in [0.3, 0.4) is 0 Å². The smallest absolute Gasteiger partial charge is 0.242 e. The van der Waals surface area contributed by atoms with Crippen molar-refractivity contribution in [3.8, 4) is 0 Å². The molecule has 0 bridgehead atoms. The molecule has 0 radical (unpaired) electrons. The second-order valence-electron chi connectivity index (χ2n) is 5.10. The first-order valence-corrected chi connectivity index (χ1v) is 8.56. The molecule has 1 rings (SSSR count). The van der Waals surface area contributed by atoms with E-state index in [4.69, 9.17) is 5.73 Å². The lowest BCUT2D eigenvalue weighted by Gasteiger charge is -2.21. The zero-order valence-electron chi connectivity index (χ0n) is 12.2. The molecule has 1 unspecified atom stereocenters. The molecule has 0 aromatic heterocycles. The average molecular weight is 404 g/mol. The second kappa shape index (κ2) is 8.43. The van der Waals surface area contributed by atoms with Gasteiger partial charge in [0.05, 0.1) is 9.37 Å². The van der Waals surface area contributed by atoms with E-state index in [1.807, 2.05) is 13.8 Å². The Morgan fingerprint density at radius 3 is 2.43 bits per heavy atom. The fourth-order valence-electron chi connectivity index (χ4n) is 1.60. The first-order chi connectivity index (χ1) is 9.16. The number of nitrogens with two attached hydrogens (primary N) is 1. The quantitative estimate of drug-likeness (QED) is 0.794. The van der Waals surface area contributed by atoms with Crippen molar-refractivity contribution in [3.63, 3.8) is 0 Å². The first-order valence-electron chi connectivity index (χ1n) is 6.33. The van der Waals surface area contributed by atoms with Crippen LogP contribution in [-0.2, 0) is 10.0 Å². The number of hydrogen-bond acceptors (Lipinski definition) is 3. The third-order valence-corrected chi connectivity index (χ3v) is 5.69. The molecule has 2 N–H and O–H groups in total. The molecule has 0 fully saturated rings. The van der Waals surface area contributed by atoms with E-state index in [-0.39, 0.29) is 27.8 Å². The predicted octanol–water partition coefficient (Wildman–Crippen LogP) is 3.00.